The molecule has 0 unspecified atom stereocenters. The van der Waals surface area contributed by atoms with E-state index in [0.717, 1.165) is 6.42 Å². The SMILES string of the molecule is COC(=O)Nc1ccc2c(c1)NC(=O)CC[C@H](C)CC[C@H](NC(=O)/C=C/c1cc(Cl)ccc1-n1cnnn1)c1ncc-2[nH]1. The Morgan fingerprint density at radius 1 is 1.16 bits per heavy atom. The zero-order valence-electron chi connectivity index (χ0n) is 23.5. The van der Waals surface area contributed by atoms with Crippen LogP contribution in [0.5, 0.6) is 0 Å². The van der Waals surface area contributed by atoms with Gasteiger partial charge in [0.05, 0.1) is 36.4 Å². The molecule has 13 nitrogen and oxygen atoms in total. The van der Waals surface area contributed by atoms with Gasteiger partial charge in [0.2, 0.25) is 11.8 Å². The van der Waals surface area contributed by atoms with Crippen LogP contribution in [0.4, 0.5) is 16.2 Å². The number of carbonyl (C=O) groups is 3. The van der Waals surface area contributed by atoms with Crippen molar-refractivity contribution in [2.75, 3.05) is 17.7 Å². The lowest BCUT2D eigenvalue weighted by molar-refractivity contribution is -0.117. The van der Waals surface area contributed by atoms with Crippen LogP contribution < -0.4 is 16.0 Å². The quantitative estimate of drug-likeness (QED) is 0.233. The molecule has 14 heteroatoms. The molecular formula is C29H30ClN9O4. The molecule has 0 saturated heterocycles. The van der Waals surface area contributed by atoms with Crippen LogP contribution in [0.1, 0.15) is 50.0 Å². The van der Waals surface area contributed by atoms with Crippen LogP contribution in [-0.4, -0.2) is 55.2 Å². The number of halogens is 1. The highest BCUT2D eigenvalue weighted by Gasteiger charge is 2.22. The minimum atomic E-state index is -0.622. The highest BCUT2D eigenvalue weighted by molar-refractivity contribution is 6.30. The molecule has 4 N–H and O–H groups in total. The molecule has 3 heterocycles. The van der Waals surface area contributed by atoms with Crippen molar-refractivity contribution >= 4 is 47.0 Å². The fraction of sp³-hybridized carbons (Fsp3) is 0.276. The third-order valence-corrected chi connectivity index (χ3v) is 7.30. The maximum Gasteiger partial charge on any atom is 0.411 e. The van der Waals surface area contributed by atoms with Crippen molar-refractivity contribution in [3.8, 4) is 16.9 Å². The van der Waals surface area contributed by atoms with Crippen LogP contribution in [-0.2, 0) is 14.3 Å². The molecule has 43 heavy (non-hydrogen) atoms. The maximum atomic E-state index is 13.2. The van der Waals surface area contributed by atoms with Gasteiger partial charge in [0.1, 0.15) is 12.2 Å². The number of H-pyrrole nitrogens is 1. The second kappa shape index (κ2) is 13.3. The molecule has 0 fully saturated rings. The van der Waals surface area contributed by atoms with E-state index in [9.17, 15) is 14.4 Å². The summed E-state index contributed by atoms with van der Waals surface area (Å²) in [6.07, 6.45) is 7.94. The van der Waals surface area contributed by atoms with Gasteiger partial charge in [-0.05, 0) is 78.1 Å². The monoisotopic (exact) mass is 603 g/mol. The fourth-order valence-corrected chi connectivity index (χ4v) is 4.95. The number of hydrogen-bond acceptors (Lipinski definition) is 8. The zero-order valence-corrected chi connectivity index (χ0v) is 24.3. The summed E-state index contributed by atoms with van der Waals surface area (Å²) in [5, 5.41) is 20.4. The zero-order chi connectivity index (χ0) is 30.3. The number of amides is 3. The first-order valence-corrected chi connectivity index (χ1v) is 14.0. The summed E-state index contributed by atoms with van der Waals surface area (Å²) in [6.45, 7) is 2.07. The molecule has 2 atom stereocenters. The number of fused-ring (bicyclic) bond motifs is 4. The Bertz CT molecular complexity index is 1650. The minimum Gasteiger partial charge on any atom is -0.453 e. The van der Waals surface area contributed by atoms with E-state index in [1.165, 1.54) is 24.2 Å². The highest BCUT2D eigenvalue weighted by atomic mass is 35.5. The van der Waals surface area contributed by atoms with Crippen LogP contribution in [0.15, 0.2) is 55.0 Å². The number of carbonyl (C=O) groups excluding carboxylic acids is 3. The first-order valence-electron chi connectivity index (χ1n) is 13.6. The number of aromatic nitrogens is 6. The van der Waals surface area contributed by atoms with Crippen molar-refractivity contribution < 1.29 is 19.1 Å². The summed E-state index contributed by atoms with van der Waals surface area (Å²) in [7, 11) is 1.28. The number of nitrogens with one attached hydrogen (secondary N) is 4. The van der Waals surface area contributed by atoms with Crippen molar-refractivity contribution in [3.63, 3.8) is 0 Å². The van der Waals surface area contributed by atoms with E-state index in [-0.39, 0.29) is 17.7 Å². The van der Waals surface area contributed by atoms with Gasteiger partial charge in [-0.1, -0.05) is 18.5 Å². The number of ether oxygens (including phenoxy) is 1. The first-order chi connectivity index (χ1) is 20.8. The molecule has 0 spiro atoms. The fourth-order valence-electron chi connectivity index (χ4n) is 4.77. The summed E-state index contributed by atoms with van der Waals surface area (Å²) < 4.78 is 6.17. The number of aromatic amines is 1. The summed E-state index contributed by atoms with van der Waals surface area (Å²) in [4.78, 5) is 45.6. The Morgan fingerprint density at radius 3 is 2.81 bits per heavy atom. The van der Waals surface area contributed by atoms with Gasteiger partial charge in [-0.2, -0.15) is 4.68 Å². The van der Waals surface area contributed by atoms with Crippen LogP contribution in [0.3, 0.4) is 0 Å². The Kier molecular flexibility index (Phi) is 9.11. The number of methoxy groups -OCH3 is 1. The van der Waals surface area contributed by atoms with Gasteiger partial charge in [-0.3, -0.25) is 14.9 Å². The molecular weight excluding hydrogens is 574 g/mol. The lowest BCUT2D eigenvalue weighted by atomic mass is 9.96. The van der Waals surface area contributed by atoms with E-state index >= 15 is 0 Å². The lowest BCUT2D eigenvalue weighted by Crippen LogP contribution is -2.28. The molecule has 3 amide bonds. The molecule has 0 radical (unpaired) electrons. The summed E-state index contributed by atoms with van der Waals surface area (Å²) in [5.41, 5.74) is 3.61. The standard InChI is InChI=1S/C29H30ClN9O4/c1-17-3-9-22(34-27(41)12-5-18-13-19(30)6-10-25(18)39-16-32-37-38-39)28-31-15-24(36-28)21-8-7-20(33-29(42)43-2)14-23(21)35-26(40)11-4-17/h5-8,10,12-17,22H,3-4,9,11H2,1-2H3,(H,31,36)(H,33,42)(H,34,41)(H,35,40)/b12-5+/t17-,22+/m1/s1. The van der Waals surface area contributed by atoms with Crippen LogP contribution >= 0.6 is 11.6 Å². The first kappa shape index (κ1) is 29.5. The molecule has 4 aromatic rings. The Morgan fingerprint density at radius 2 is 2.02 bits per heavy atom. The average molecular weight is 604 g/mol. The van der Waals surface area contributed by atoms with Crippen molar-refractivity contribution in [2.24, 2.45) is 5.92 Å². The van der Waals surface area contributed by atoms with Crippen molar-refractivity contribution in [1.29, 1.82) is 0 Å². The van der Waals surface area contributed by atoms with E-state index < -0.39 is 12.1 Å². The number of tetrazole rings is 1. The molecule has 0 saturated carbocycles. The van der Waals surface area contributed by atoms with Crippen molar-refractivity contribution in [3.05, 3.63) is 71.4 Å². The molecule has 5 rings (SSSR count). The van der Waals surface area contributed by atoms with Gasteiger partial charge in [0.25, 0.3) is 0 Å². The van der Waals surface area contributed by atoms with Gasteiger partial charge in [0, 0.05) is 34.3 Å². The molecule has 2 aromatic carbocycles. The van der Waals surface area contributed by atoms with Crippen LogP contribution in [0.25, 0.3) is 23.0 Å². The Labute approximate surface area is 252 Å². The van der Waals surface area contributed by atoms with E-state index in [1.54, 1.807) is 48.7 Å². The number of imidazole rings is 1. The summed E-state index contributed by atoms with van der Waals surface area (Å²) in [6, 6.07) is 9.92. The van der Waals surface area contributed by atoms with Gasteiger partial charge >= 0.3 is 6.09 Å². The van der Waals surface area contributed by atoms with Gasteiger partial charge in [0.15, 0.2) is 0 Å². The Balaban J connectivity index is 1.41. The largest absolute Gasteiger partial charge is 0.453 e. The van der Waals surface area contributed by atoms with E-state index in [2.05, 4.69) is 53.1 Å². The smallest absolute Gasteiger partial charge is 0.411 e. The van der Waals surface area contributed by atoms with Crippen molar-refractivity contribution in [2.45, 2.75) is 38.6 Å². The van der Waals surface area contributed by atoms with Gasteiger partial charge < -0.3 is 20.4 Å². The number of benzene rings is 2. The van der Waals surface area contributed by atoms with Crippen LogP contribution in [0.2, 0.25) is 5.02 Å². The number of hydrogen-bond donors (Lipinski definition) is 4. The maximum absolute atomic E-state index is 13.2. The second-order valence-electron chi connectivity index (χ2n) is 10.2. The third kappa shape index (κ3) is 7.43. The molecule has 0 aliphatic carbocycles. The molecule has 222 valence electrons. The number of rotatable bonds is 5. The average Bonchev–Trinajstić information content (AvgIpc) is 3.70. The van der Waals surface area contributed by atoms with E-state index in [0.29, 0.717) is 64.0 Å². The lowest BCUT2D eigenvalue weighted by Gasteiger charge is -2.18. The van der Waals surface area contributed by atoms with Crippen LogP contribution in [0, 0.1) is 5.92 Å². The van der Waals surface area contributed by atoms with E-state index in [1.807, 2.05) is 0 Å². The Hall–Kier alpha value is -5.04. The highest BCUT2D eigenvalue weighted by Crippen LogP contribution is 2.32. The predicted molar refractivity (Wildman–Crippen MR) is 160 cm³/mol. The van der Waals surface area contributed by atoms with Crippen molar-refractivity contribution in [1.82, 2.24) is 35.5 Å². The molecule has 1 aliphatic heterocycles. The predicted octanol–water partition coefficient (Wildman–Crippen LogP) is 4.90. The number of nitrogens with zero attached hydrogens (tertiary/aromatic N) is 5. The molecule has 2 aromatic heterocycles. The minimum absolute atomic E-state index is 0.139. The topological polar surface area (TPSA) is 169 Å². The van der Waals surface area contributed by atoms with E-state index in [4.69, 9.17) is 11.6 Å². The van der Waals surface area contributed by atoms with Gasteiger partial charge in [-0.25, -0.2) is 9.78 Å². The summed E-state index contributed by atoms with van der Waals surface area (Å²) in [5.74, 6) is 0.333. The molecule has 1 aliphatic rings. The number of anilines is 2. The normalized spacial score (nSPS) is 17.1. The third-order valence-electron chi connectivity index (χ3n) is 7.07. The second-order valence-corrected chi connectivity index (χ2v) is 10.6. The summed E-state index contributed by atoms with van der Waals surface area (Å²) >= 11 is 6.21. The van der Waals surface area contributed by atoms with Gasteiger partial charge in [-0.15, -0.1) is 5.10 Å². The molecule has 2 bridgehead atoms.